The van der Waals surface area contributed by atoms with E-state index in [0.29, 0.717) is 10.6 Å². The van der Waals surface area contributed by atoms with Gasteiger partial charge in [0.2, 0.25) is 5.78 Å². The third-order valence-corrected chi connectivity index (χ3v) is 3.44. The van der Waals surface area contributed by atoms with Gasteiger partial charge in [-0.1, -0.05) is 29.8 Å². The second-order valence-electron chi connectivity index (χ2n) is 4.78. The standard InChI is InChI=1S/C17H15ClO5/c1-10(15(19)11-5-3-6-12(18)9-11)23-17(21)13-7-4-8-14(22-2)16(13)20/h3-10,20H,1-2H3. The quantitative estimate of drug-likeness (QED) is 0.669. The number of esters is 1. The Bertz CT molecular complexity index is 742. The molecule has 0 aromatic heterocycles. The van der Waals surface area contributed by atoms with Crippen LogP contribution in [0.5, 0.6) is 11.5 Å². The molecule has 0 bridgehead atoms. The minimum Gasteiger partial charge on any atom is -0.504 e. The number of hydrogen-bond donors (Lipinski definition) is 1. The van der Waals surface area contributed by atoms with E-state index in [2.05, 4.69) is 0 Å². The minimum atomic E-state index is -1.02. The van der Waals surface area contributed by atoms with Gasteiger partial charge < -0.3 is 14.6 Å². The van der Waals surface area contributed by atoms with Crippen LogP contribution < -0.4 is 4.74 Å². The van der Waals surface area contributed by atoms with Gasteiger partial charge in [-0.3, -0.25) is 4.79 Å². The summed E-state index contributed by atoms with van der Waals surface area (Å²) in [5.41, 5.74) is 0.266. The first-order valence-corrected chi connectivity index (χ1v) is 7.18. The number of para-hydroxylation sites is 1. The van der Waals surface area contributed by atoms with Gasteiger partial charge in [0, 0.05) is 10.6 Å². The highest BCUT2D eigenvalue weighted by Gasteiger charge is 2.23. The van der Waals surface area contributed by atoms with Crippen LogP contribution in [0.3, 0.4) is 0 Å². The normalized spacial score (nSPS) is 11.6. The third-order valence-electron chi connectivity index (χ3n) is 3.20. The Labute approximate surface area is 138 Å². The summed E-state index contributed by atoms with van der Waals surface area (Å²) in [4.78, 5) is 24.4. The Morgan fingerprint density at radius 3 is 2.52 bits per heavy atom. The van der Waals surface area contributed by atoms with Crippen LogP contribution in [-0.2, 0) is 4.74 Å². The van der Waals surface area contributed by atoms with Gasteiger partial charge in [0.05, 0.1) is 7.11 Å². The molecule has 23 heavy (non-hydrogen) atoms. The number of ketones is 1. The van der Waals surface area contributed by atoms with Crippen LogP contribution in [0.1, 0.15) is 27.6 Å². The molecule has 0 spiro atoms. The van der Waals surface area contributed by atoms with E-state index >= 15 is 0 Å². The highest BCUT2D eigenvalue weighted by atomic mass is 35.5. The van der Waals surface area contributed by atoms with Crippen molar-refractivity contribution in [2.24, 2.45) is 0 Å². The molecule has 2 aromatic rings. The maximum atomic E-state index is 12.2. The fourth-order valence-electron chi connectivity index (χ4n) is 2.01. The number of phenolic OH excluding ortho intramolecular Hbond substituents is 1. The lowest BCUT2D eigenvalue weighted by molar-refractivity contribution is 0.0315. The zero-order valence-corrected chi connectivity index (χ0v) is 13.3. The molecule has 0 amide bonds. The van der Waals surface area contributed by atoms with Crippen molar-refractivity contribution in [2.75, 3.05) is 7.11 Å². The van der Waals surface area contributed by atoms with Crippen molar-refractivity contribution in [2.45, 2.75) is 13.0 Å². The number of methoxy groups -OCH3 is 1. The first-order valence-electron chi connectivity index (χ1n) is 6.80. The number of phenols is 1. The average molecular weight is 335 g/mol. The van der Waals surface area contributed by atoms with Crippen LogP contribution in [-0.4, -0.2) is 30.1 Å². The molecule has 0 fully saturated rings. The van der Waals surface area contributed by atoms with Crippen molar-refractivity contribution in [3.63, 3.8) is 0 Å². The van der Waals surface area contributed by atoms with Gasteiger partial charge in [0.1, 0.15) is 5.56 Å². The zero-order valence-electron chi connectivity index (χ0n) is 12.6. The highest BCUT2D eigenvalue weighted by Crippen LogP contribution is 2.30. The molecule has 0 aliphatic rings. The summed E-state index contributed by atoms with van der Waals surface area (Å²) in [5, 5.41) is 10.4. The average Bonchev–Trinajstić information content (AvgIpc) is 2.54. The number of carbonyl (C=O) groups is 2. The maximum Gasteiger partial charge on any atom is 0.342 e. The highest BCUT2D eigenvalue weighted by molar-refractivity contribution is 6.31. The van der Waals surface area contributed by atoms with Crippen LogP contribution in [0.4, 0.5) is 0 Å². The number of ether oxygens (including phenoxy) is 2. The van der Waals surface area contributed by atoms with Crippen LogP contribution in [0.15, 0.2) is 42.5 Å². The number of Topliss-reactive ketones (excluding diaryl/α,β-unsaturated/α-hetero) is 1. The number of hydrogen-bond acceptors (Lipinski definition) is 5. The summed E-state index contributed by atoms with van der Waals surface area (Å²) in [6, 6.07) is 10.8. The predicted octanol–water partition coefficient (Wildman–Crippen LogP) is 3.48. The van der Waals surface area contributed by atoms with E-state index in [4.69, 9.17) is 21.1 Å². The van der Waals surface area contributed by atoms with E-state index in [9.17, 15) is 14.7 Å². The van der Waals surface area contributed by atoms with Gasteiger partial charge in [-0.15, -0.1) is 0 Å². The zero-order chi connectivity index (χ0) is 17.0. The summed E-state index contributed by atoms with van der Waals surface area (Å²) in [7, 11) is 1.37. The van der Waals surface area contributed by atoms with Crippen LogP contribution in [0.2, 0.25) is 5.02 Å². The molecule has 0 heterocycles. The molecule has 0 saturated carbocycles. The van der Waals surface area contributed by atoms with Crippen molar-refractivity contribution < 1.29 is 24.2 Å². The molecule has 120 valence electrons. The minimum absolute atomic E-state index is 0.0740. The molecule has 1 atom stereocenters. The Morgan fingerprint density at radius 2 is 1.87 bits per heavy atom. The monoisotopic (exact) mass is 334 g/mol. The third kappa shape index (κ3) is 3.81. The topological polar surface area (TPSA) is 72.8 Å². The Balaban J connectivity index is 2.15. The van der Waals surface area contributed by atoms with Crippen molar-refractivity contribution in [3.05, 3.63) is 58.6 Å². The van der Waals surface area contributed by atoms with Crippen LogP contribution in [0, 0.1) is 0 Å². The molecule has 2 aromatic carbocycles. The molecule has 5 nitrogen and oxygen atoms in total. The molecule has 1 N–H and O–H groups in total. The first kappa shape index (κ1) is 16.8. The molecule has 2 rings (SSSR count). The Kier molecular flexibility index (Phi) is 5.24. The van der Waals surface area contributed by atoms with Crippen molar-refractivity contribution in [1.82, 2.24) is 0 Å². The molecule has 0 radical (unpaired) electrons. The molecule has 0 saturated heterocycles. The van der Waals surface area contributed by atoms with Crippen molar-refractivity contribution in [1.29, 1.82) is 0 Å². The number of benzene rings is 2. The van der Waals surface area contributed by atoms with Crippen LogP contribution >= 0.6 is 11.6 Å². The SMILES string of the molecule is COc1cccc(C(=O)OC(C)C(=O)c2cccc(Cl)c2)c1O. The summed E-state index contributed by atoms with van der Waals surface area (Å²) >= 11 is 5.84. The largest absolute Gasteiger partial charge is 0.504 e. The lowest BCUT2D eigenvalue weighted by Crippen LogP contribution is -2.24. The second kappa shape index (κ2) is 7.15. The summed E-state index contributed by atoms with van der Waals surface area (Å²) < 4.78 is 10.1. The fourth-order valence-corrected chi connectivity index (χ4v) is 2.20. The first-order chi connectivity index (χ1) is 10.9. The lowest BCUT2D eigenvalue weighted by Gasteiger charge is -2.14. The molecular formula is C17H15ClO5. The summed E-state index contributed by atoms with van der Waals surface area (Å²) in [6.45, 7) is 1.46. The summed E-state index contributed by atoms with van der Waals surface area (Å²) in [5.74, 6) is -1.39. The number of rotatable bonds is 5. The Hall–Kier alpha value is -2.53. The maximum absolute atomic E-state index is 12.2. The molecule has 0 aliphatic carbocycles. The van der Waals surface area contributed by atoms with Gasteiger partial charge >= 0.3 is 5.97 Å². The molecule has 6 heteroatoms. The predicted molar refractivity (Wildman–Crippen MR) is 85.3 cm³/mol. The second-order valence-corrected chi connectivity index (χ2v) is 5.22. The van der Waals surface area contributed by atoms with E-state index in [0.717, 1.165) is 0 Å². The van der Waals surface area contributed by atoms with E-state index in [1.165, 1.54) is 32.2 Å². The van der Waals surface area contributed by atoms with Gasteiger partial charge in [0.15, 0.2) is 17.6 Å². The van der Waals surface area contributed by atoms with Gasteiger partial charge in [-0.25, -0.2) is 4.79 Å². The lowest BCUT2D eigenvalue weighted by atomic mass is 10.1. The van der Waals surface area contributed by atoms with Crippen molar-refractivity contribution in [3.8, 4) is 11.5 Å². The van der Waals surface area contributed by atoms with Gasteiger partial charge in [-0.2, -0.15) is 0 Å². The van der Waals surface area contributed by atoms with Crippen molar-refractivity contribution >= 4 is 23.4 Å². The molecular weight excluding hydrogens is 320 g/mol. The smallest absolute Gasteiger partial charge is 0.342 e. The fraction of sp³-hybridized carbons (Fsp3) is 0.176. The molecule has 1 unspecified atom stereocenters. The van der Waals surface area contributed by atoms with E-state index in [1.807, 2.05) is 0 Å². The van der Waals surface area contributed by atoms with E-state index in [1.54, 1.807) is 24.3 Å². The number of aromatic hydroxyl groups is 1. The Morgan fingerprint density at radius 1 is 1.17 bits per heavy atom. The van der Waals surface area contributed by atoms with E-state index in [-0.39, 0.29) is 22.8 Å². The molecule has 0 aliphatic heterocycles. The summed E-state index contributed by atoms with van der Waals surface area (Å²) in [6.07, 6.45) is -1.02. The van der Waals surface area contributed by atoms with Gasteiger partial charge in [-0.05, 0) is 31.2 Å². The van der Waals surface area contributed by atoms with E-state index < -0.39 is 12.1 Å². The number of halogens is 1. The number of carbonyl (C=O) groups excluding carboxylic acids is 2. The van der Waals surface area contributed by atoms with Crippen LogP contribution in [0.25, 0.3) is 0 Å². The van der Waals surface area contributed by atoms with Gasteiger partial charge in [0.25, 0.3) is 0 Å².